The third-order valence-corrected chi connectivity index (χ3v) is 6.31. The molecule has 1 heterocycles. The molecule has 0 amide bonds. The van der Waals surface area contributed by atoms with Gasteiger partial charge in [-0.15, -0.1) is 0 Å². The number of aliphatic hydroxyl groups excluding tert-OH is 1. The molecule has 1 aromatic rings. The molecule has 6 nitrogen and oxygen atoms in total. The molecule has 1 N–H and O–H groups in total. The summed E-state index contributed by atoms with van der Waals surface area (Å²) < 4.78 is 33.4. The van der Waals surface area contributed by atoms with Gasteiger partial charge in [0.25, 0.3) is 0 Å². The average molecular weight is 356 g/mol. The zero-order valence-corrected chi connectivity index (χ0v) is 15.6. The quantitative estimate of drug-likeness (QED) is 0.799. The van der Waals surface area contributed by atoms with Gasteiger partial charge in [0.15, 0.2) is 0 Å². The second-order valence-electron chi connectivity index (χ2n) is 6.20. The van der Waals surface area contributed by atoms with E-state index in [2.05, 4.69) is 4.90 Å². The standard InChI is InChI=1S/C17H28N2O4S/c1-4-11-23-16-12-14(2)15(3)13-17(16)24(21,22)19-7-5-18(6-8-19)9-10-20/h12-13,20H,4-11H2,1-3H3. The van der Waals surface area contributed by atoms with E-state index in [1.807, 2.05) is 26.8 Å². The van der Waals surface area contributed by atoms with Crippen molar-refractivity contribution in [2.24, 2.45) is 0 Å². The van der Waals surface area contributed by atoms with Crippen molar-refractivity contribution in [1.82, 2.24) is 9.21 Å². The molecule has 0 spiro atoms. The fourth-order valence-corrected chi connectivity index (χ4v) is 4.38. The van der Waals surface area contributed by atoms with Crippen LogP contribution >= 0.6 is 0 Å². The van der Waals surface area contributed by atoms with E-state index in [1.165, 1.54) is 4.31 Å². The normalized spacial score (nSPS) is 17.2. The molecule has 1 fully saturated rings. The topological polar surface area (TPSA) is 70.1 Å². The number of sulfonamides is 1. The Balaban J connectivity index is 2.27. The number of rotatable bonds is 7. The van der Waals surface area contributed by atoms with Crippen molar-refractivity contribution >= 4 is 10.0 Å². The molecule has 0 unspecified atom stereocenters. The van der Waals surface area contributed by atoms with Gasteiger partial charge in [-0.1, -0.05) is 6.92 Å². The number of aryl methyl sites for hydroxylation is 2. The van der Waals surface area contributed by atoms with Crippen LogP contribution in [-0.4, -0.2) is 68.7 Å². The van der Waals surface area contributed by atoms with Crippen molar-refractivity contribution in [2.45, 2.75) is 32.1 Å². The second-order valence-corrected chi connectivity index (χ2v) is 8.11. The van der Waals surface area contributed by atoms with Gasteiger partial charge in [-0.2, -0.15) is 4.31 Å². The van der Waals surface area contributed by atoms with E-state index >= 15 is 0 Å². The summed E-state index contributed by atoms with van der Waals surface area (Å²) in [7, 11) is -3.58. The molecule has 136 valence electrons. The van der Waals surface area contributed by atoms with Crippen molar-refractivity contribution in [3.8, 4) is 5.75 Å². The Morgan fingerprint density at radius 3 is 2.33 bits per heavy atom. The van der Waals surface area contributed by atoms with Gasteiger partial charge in [-0.3, -0.25) is 4.90 Å². The molecule has 0 aliphatic carbocycles. The number of nitrogens with zero attached hydrogens (tertiary/aromatic N) is 2. The molecule has 0 saturated carbocycles. The van der Waals surface area contributed by atoms with Crippen LogP contribution in [0.15, 0.2) is 17.0 Å². The van der Waals surface area contributed by atoms with Crippen molar-refractivity contribution in [2.75, 3.05) is 45.9 Å². The molecular weight excluding hydrogens is 328 g/mol. The third-order valence-electron chi connectivity index (χ3n) is 4.39. The van der Waals surface area contributed by atoms with E-state index in [1.54, 1.807) is 6.07 Å². The molecule has 0 atom stereocenters. The Hall–Kier alpha value is -1.15. The first-order chi connectivity index (χ1) is 11.4. The van der Waals surface area contributed by atoms with Gasteiger partial charge >= 0.3 is 0 Å². The van der Waals surface area contributed by atoms with E-state index in [0.717, 1.165) is 17.5 Å². The van der Waals surface area contributed by atoms with Crippen LogP contribution in [0.2, 0.25) is 0 Å². The van der Waals surface area contributed by atoms with Crippen LogP contribution < -0.4 is 4.74 Å². The zero-order chi connectivity index (χ0) is 17.7. The van der Waals surface area contributed by atoms with Crippen molar-refractivity contribution in [1.29, 1.82) is 0 Å². The lowest BCUT2D eigenvalue weighted by atomic mass is 10.1. The fourth-order valence-electron chi connectivity index (χ4n) is 2.76. The average Bonchev–Trinajstić information content (AvgIpc) is 2.56. The number of benzene rings is 1. The first-order valence-electron chi connectivity index (χ1n) is 8.47. The Morgan fingerprint density at radius 1 is 1.12 bits per heavy atom. The van der Waals surface area contributed by atoms with Crippen LogP contribution in [0, 0.1) is 13.8 Å². The Kier molecular flexibility index (Phi) is 6.62. The van der Waals surface area contributed by atoms with Gasteiger partial charge < -0.3 is 9.84 Å². The highest BCUT2D eigenvalue weighted by atomic mass is 32.2. The summed E-state index contributed by atoms with van der Waals surface area (Å²) in [6, 6.07) is 3.54. The third kappa shape index (κ3) is 4.27. The first-order valence-corrected chi connectivity index (χ1v) is 9.91. The van der Waals surface area contributed by atoms with Crippen LogP contribution in [0.25, 0.3) is 0 Å². The highest BCUT2D eigenvalue weighted by Gasteiger charge is 2.31. The molecule has 0 bridgehead atoms. The smallest absolute Gasteiger partial charge is 0.246 e. The van der Waals surface area contributed by atoms with Gasteiger partial charge in [0.05, 0.1) is 13.2 Å². The predicted octanol–water partition coefficient (Wildman–Crippen LogP) is 1.39. The molecule has 1 aliphatic rings. The van der Waals surface area contributed by atoms with Crippen LogP contribution in [0.3, 0.4) is 0 Å². The molecule has 1 saturated heterocycles. The van der Waals surface area contributed by atoms with E-state index in [4.69, 9.17) is 9.84 Å². The van der Waals surface area contributed by atoms with E-state index in [0.29, 0.717) is 45.1 Å². The monoisotopic (exact) mass is 356 g/mol. The van der Waals surface area contributed by atoms with Crippen LogP contribution in [-0.2, 0) is 10.0 Å². The lowest BCUT2D eigenvalue weighted by Crippen LogP contribution is -2.49. The summed E-state index contributed by atoms with van der Waals surface area (Å²) in [5, 5.41) is 9.01. The zero-order valence-electron chi connectivity index (χ0n) is 14.8. The summed E-state index contributed by atoms with van der Waals surface area (Å²) in [6.45, 7) is 9.18. The molecule has 1 aromatic carbocycles. The molecule has 24 heavy (non-hydrogen) atoms. The number of hydrogen-bond donors (Lipinski definition) is 1. The SMILES string of the molecule is CCCOc1cc(C)c(C)cc1S(=O)(=O)N1CCN(CCO)CC1. The first kappa shape index (κ1) is 19.2. The van der Waals surface area contributed by atoms with Crippen LogP contribution in [0.5, 0.6) is 5.75 Å². The molecule has 2 rings (SSSR count). The minimum absolute atomic E-state index is 0.0961. The largest absolute Gasteiger partial charge is 0.492 e. The van der Waals surface area contributed by atoms with Crippen molar-refractivity contribution in [3.63, 3.8) is 0 Å². The van der Waals surface area contributed by atoms with E-state index < -0.39 is 10.0 Å². The summed E-state index contributed by atoms with van der Waals surface area (Å²) >= 11 is 0. The second kappa shape index (κ2) is 8.29. The molecule has 0 aromatic heterocycles. The summed E-state index contributed by atoms with van der Waals surface area (Å²) in [4.78, 5) is 2.33. The molecular formula is C17H28N2O4S. The minimum atomic E-state index is -3.58. The maximum absolute atomic E-state index is 13.1. The highest BCUT2D eigenvalue weighted by molar-refractivity contribution is 7.89. The van der Waals surface area contributed by atoms with Crippen LogP contribution in [0.1, 0.15) is 24.5 Å². The molecule has 0 radical (unpaired) electrons. The summed E-state index contributed by atoms with van der Waals surface area (Å²) in [5.74, 6) is 0.442. The lowest BCUT2D eigenvalue weighted by Gasteiger charge is -2.33. The summed E-state index contributed by atoms with van der Waals surface area (Å²) in [6.07, 6.45) is 0.826. The van der Waals surface area contributed by atoms with Crippen molar-refractivity contribution in [3.05, 3.63) is 23.3 Å². The van der Waals surface area contributed by atoms with Crippen LogP contribution in [0.4, 0.5) is 0 Å². The Bertz CT molecular complexity index is 653. The summed E-state index contributed by atoms with van der Waals surface area (Å²) in [5.41, 5.74) is 1.96. The Morgan fingerprint density at radius 2 is 1.75 bits per heavy atom. The number of ether oxygens (including phenoxy) is 1. The van der Waals surface area contributed by atoms with Gasteiger partial charge in [-0.25, -0.2) is 8.42 Å². The molecule has 1 aliphatic heterocycles. The van der Waals surface area contributed by atoms with E-state index in [9.17, 15) is 8.42 Å². The minimum Gasteiger partial charge on any atom is -0.492 e. The number of hydrogen-bond acceptors (Lipinski definition) is 5. The Labute approximate surface area is 145 Å². The van der Waals surface area contributed by atoms with Gasteiger partial charge in [0, 0.05) is 32.7 Å². The molecule has 7 heteroatoms. The van der Waals surface area contributed by atoms with E-state index in [-0.39, 0.29) is 11.5 Å². The highest BCUT2D eigenvalue weighted by Crippen LogP contribution is 2.30. The predicted molar refractivity (Wildman–Crippen MR) is 94.0 cm³/mol. The maximum atomic E-state index is 13.1. The van der Waals surface area contributed by atoms with Gasteiger partial charge in [0.1, 0.15) is 10.6 Å². The van der Waals surface area contributed by atoms with Gasteiger partial charge in [-0.05, 0) is 43.5 Å². The van der Waals surface area contributed by atoms with Gasteiger partial charge in [0.2, 0.25) is 10.0 Å². The number of piperazine rings is 1. The number of aliphatic hydroxyl groups is 1. The number of β-amino-alcohol motifs (C(OH)–C–C–N with tert-alkyl or cyclic N) is 1. The van der Waals surface area contributed by atoms with Crippen molar-refractivity contribution < 1.29 is 18.3 Å². The lowest BCUT2D eigenvalue weighted by molar-refractivity contribution is 0.151. The maximum Gasteiger partial charge on any atom is 0.246 e. The fraction of sp³-hybridized carbons (Fsp3) is 0.647.